The zero-order chi connectivity index (χ0) is 26.2. The number of carbonyl (C=O) groups is 2. The van der Waals surface area contributed by atoms with Crippen LogP contribution in [0.25, 0.3) is 21.2 Å². The fraction of sp³-hybridized carbons (Fsp3) is 0.400. The molecule has 1 aliphatic heterocycles. The number of aromatic nitrogens is 1. The van der Waals surface area contributed by atoms with Gasteiger partial charge in [0.05, 0.1) is 19.3 Å². The van der Waals surface area contributed by atoms with Crippen molar-refractivity contribution in [2.24, 2.45) is 0 Å². The van der Waals surface area contributed by atoms with Gasteiger partial charge in [0, 0.05) is 40.4 Å². The summed E-state index contributed by atoms with van der Waals surface area (Å²) in [7, 11) is 1.41. The average Bonchev–Trinajstić information content (AvgIpc) is 3.30. The summed E-state index contributed by atoms with van der Waals surface area (Å²) in [5, 5.41) is 16.0. The van der Waals surface area contributed by atoms with Crippen molar-refractivity contribution < 1.29 is 28.6 Å². The predicted molar refractivity (Wildman–Crippen MR) is 136 cm³/mol. The molecule has 2 N–H and O–H groups in total. The maximum absolute atomic E-state index is 13.9. The largest absolute Gasteiger partial charge is 0.496 e. The molecule has 0 radical (unpaired) electrons. The van der Waals surface area contributed by atoms with E-state index >= 15 is 0 Å². The summed E-state index contributed by atoms with van der Waals surface area (Å²) in [4.78, 5) is 31.9. The first-order valence-corrected chi connectivity index (χ1v) is 12.6. The highest BCUT2D eigenvalue weighted by molar-refractivity contribution is 7.18. The molecule has 2 aromatic heterocycles. The van der Waals surface area contributed by atoms with Gasteiger partial charge in [-0.15, -0.1) is 11.3 Å². The third-order valence-corrected chi connectivity index (χ3v) is 6.97. The van der Waals surface area contributed by atoms with E-state index in [1.54, 1.807) is 26.8 Å². The van der Waals surface area contributed by atoms with Gasteiger partial charge in [0.2, 0.25) is 0 Å². The topological polar surface area (TPSA) is 101 Å². The number of aliphatic hydroxyl groups is 1. The molecule has 1 aliphatic rings. The number of halogens is 2. The van der Waals surface area contributed by atoms with Crippen molar-refractivity contribution in [1.82, 2.24) is 15.2 Å². The van der Waals surface area contributed by atoms with E-state index < -0.39 is 35.6 Å². The summed E-state index contributed by atoms with van der Waals surface area (Å²) in [5.41, 5.74) is 0.237. The number of fused-ring (bicyclic) bond motifs is 1. The number of methoxy groups -OCH3 is 1. The maximum Gasteiger partial charge on any atom is 0.410 e. The van der Waals surface area contributed by atoms with E-state index in [9.17, 15) is 19.1 Å². The zero-order valence-corrected chi connectivity index (χ0v) is 21.9. The number of carbonyl (C=O) groups excluding carboxylic acids is 2. The number of aliphatic hydroxyl groups excluding tert-OH is 1. The average molecular weight is 536 g/mol. The smallest absolute Gasteiger partial charge is 0.410 e. The number of ether oxygens (including phenoxy) is 2. The first-order valence-electron chi connectivity index (χ1n) is 11.4. The van der Waals surface area contributed by atoms with Gasteiger partial charge in [-0.3, -0.25) is 4.79 Å². The molecule has 36 heavy (non-hydrogen) atoms. The lowest BCUT2D eigenvalue weighted by Gasteiger charge is -2.37. The van der Waals surface area contributed by atoms with Crippen LogP contribution in [-0.2, 0) is 4.74 Å². The third-order valence-electron chi connectivity index (χ3n) is 5.75. The second-order valence-electron chi connectivity index (χ2n) is 9.50. The lowest BCUT2D eigenvalue weighted by atomic mass is 9.99. The van der Waals surface area contributed by atoms with Crippen LogP contribution in [0.3, 0.4) is 0 Å². The molecule has 192 valence electrons. The van der Waals surface area contributed by atoms with Crippen LogP contribution in [0.4, 0.5) is 9.18 Å². The highest BCUT2D eigenvalue weighted by atomic mass is 35.5. The van der Waals surface area contributed by atoms with Gasteiger partial charge in [-0.05, 0) is 50.8 Å². The van der Waals surface area contributed by atoms with Gasteiger partial charge in [-0.1, -0.05) is 11.6 Å². The molecule has 0 aliphatic carbocycles. The lowest BCUT2D eigenvalue weighted by Crippen LogP contribution is -2.57. The van der Waals surface area contributed by atoms with Crippen molar-refractivity contribution in [3.8, 4) is 16.9 Å². The first kappa shape index (κ1) is 26.1. The zero-order valence-electron chi connectivity index (χ0n) is 20.3. The van der Waals surface area contributed by atoms with E-state index in [1.165, 1.54) is 41.5 Å². The molecule has 0 spiro atoms. The fourth-order valence-electron chi connectivity index (χ4n) is 4.08. The van der Waals surface area contributed by atoms with Crippen LogP contribution in [0, 0.1) is 5.82 Å². The summed E-state index contributed by atoms with van der Waals surface area (Å²) in [6.07, 6.45) is -1.13. The quantitative estimate of drug-likeness (QED) is 0.462. The number of thiophene rings is 1. The van der Waals surface area contributed by atoms with E-state index in [2.05, 4.69) is 10.3 Å². The molecular weight excluding hydrogens is 509 g/mol. The Labute approximate surface area is 217 Å². The molecule has 1 fully saturated rings. The molecule has 3 heterocycles. The van der Waals surface area contributed by atoms with E-state index in [0.29, 0.717) is 27.8 Å². The summed E-state index contributed by atoms with van der Waals surface area (Å²) in [5.74, 6) is -0.848. The third kappa shape index (κ3) is 5.40. The Kier molecular flexibility index (Phi) is 7.40. The van der Waals surface area contributed by atoms with Gasteiger partial charge in [-0.25, -0.2) is 14.2 Å². The van der Waals surface area contributed by atoms with Crippen LogP contribution in [0.2, 0.25) is 5.15 Å². The lowest BCUT2D eigenvalue weighted by molar-refractivity contribution is 0.000466. The van der Waals surface area contributed by atoms with E-state index in [1.807, 2.05) is 5.38 Å². The van der Waals surface area contributed by atoms with Gasteiger partial charge in [0.15, 0.2) is 0 Å². The van der Waals surface area contributed by atoms with Crippen molar-refractivity contribution in [2.45, 2.75) is 44.9 Å². The van der Waals surface area contributed by atoms with Crippen LogP contribution < -0.4 is 10.1 Å². The standard InChI is InChI=1S/C25H27ClFN3O5S/c1-25(2,3)35-24(33)30-9-7-17(31)16(12-30)28-23(32)20-19(14-6-5-13(27)11-18(14)34-4)21-15(8-10-36-21)22(26)29-20/h5-6,8,10-11,16-17,31H,7,9,12H2,1-4H3,(H,28,32). The van der Waals surface area contributed by atoms with Crippen molar-refractivity contribution in [3.05, 3.63) is 46.3 Å². The molecule has 2 atom stereocenters. The Morgan fingerprint density at radius 3 is 2.75 bits per heavy atom. The van der Waals surface area contributed by atoms with Crippen LogP contribution in [-0.4, -0.2) is 64.9 Å². The number of hydrogen-bond acceptors (Lipinski definition) is 7. The number of amides is 2. The fourth-order valence-corrected chi connectivity index (χ4v) is 5.34. The second-order valence-corrected chi connectivity index (χ2v) is 10.8. The molecule has 0 saturated carbocycles. The monoisotopic (exact) mass is 535 g/mol. The van der Waals surface area contributed by atoms with Gasteiger partial charge >= 0.3 is 6.09 Å². The normalized spacial score (nSPS) is 18.2. The van der Waals surface area contributed by atoms with E-state index in [0.717, 1.165) is 0 Å². The number of benzene rings is 1. The minimum Gasteiger partial charge on any atom is -0.496 e. The van der Waals surface area contributed by atoms with Crippen molar-refractivity contribution in [3.63, 3.8) is 0 Å². The van der Waals surface area contributed by atoms with E-state index in [-0.39, 0.29) is 29.6 Å². The molecule has 2 amide bonds. The van der Waals surface area contributed by atoms with Crippen LogP contribution in [0.15, 0.2) is 29.6 Å². The Balaban J connectivity index is 1.70. The molecule has 2 unspecified atom stereocenters. The predicted octanol–water partition coefficient (Wildman–Crippen LogP) is 4.86. The number of piperidine rings is 1. The number of nitrogens with zero attached hydrogens (tertiary/aromatic N) is 2. The second kappa shape index (κ2) is 10.2. The number of nitrogens with one attached hydrogen (secondary N) is 1. The molecule has 1 aromatic carbocycles. The van der Waals surface area contributed by atoms with Gasteiger partial charge < -0.3 is 24.8 Å². The highest BCUT2D eigenvalue weighted by Gasteiger charge is 2.35. The number of pyridine rings is 1. The van der Waals surface area contributed by atoms with Crippen LogP contribution in [0.1, 0.15) is 37.7 Å². The molecule has 4 rings (SSSR count). The summed E-state index contributed by atoms with van der Waals surface area (Å²) >= 11 is 7.77. The summed E-state index contributed by atoms with van der Waals surface area (Å²) in [6, 6.07) is 5.06. The molecule has 11 heteroatoms. The maximum atomic E-state index is 13.9. The molecule has 8 nitrogen and oxygen atoms in total. The SMILES string of the molecule is COc1cc(F)ccc1-c1c(C(=O)NC2CN(C(=O)OC(C)(C)C)CCC2O)nc(Cl)c2ccsc12. The summed E-state index contributed by atoms with van der Waals surface area (Å²) in [6.45, 7) is 5.66. The minimum absolute atomic E-state index is 0.00134. The highest BCUT2D eigenvalue weighted by Crippen LogP contribution is 2.41. The van der Waals surface area contributed by atoms with Crippen LogP contribution in [0.5, 0.6) is 5.75 Å². The van der Waals surface area contributed by atoms with Gasteiger partial charge in [0.1, 0.15) is 28.0 Å². The number of rotatable bonds is 4. The Bertz CT molecular complexity index is 1310. The molecule has 3 aromatic rings. The van der Waals surface area contributed by atoms with Crippen molar-refractivity contribution in [1.29, 1.82) is 0 Å². The van der Waals surface area contributed by atoms with Crippen molar-refractivity contribution >= 4 is 45.0 Å². The van der Waals surface area contributed by atoms with Gasteiger partial charge in [0.25, 0.3) is 5.91 Å². The molecular formula is C25H27ClFN3O5S. The Hall–Kier alpha value is -2.95. The van der Waals surface area contributed by atoms with E-state index in [4.69, 9.17) is 21.1 Å². The van der Waals surface area contributed by atoms with Gasteiger partial charge in [-0.2, -0.15) is 0 Å². The Morgan fingerprint density at radius 2 is 2.06 bits per heavy atom. The van der Waals surface area contributed by atoms with Crippen LogP contribution >= 0.6 is 22.9 Å². The summed E-state index contributed by atoms with van der Waals surface area (Å²) < 4.78 is 25.4. The number of hydrogen-bond donors (Lipinski definition) is 2. The van der Waals surface area contributed by atoms with Crippen molar-refractivity contribution in [2.75, 3.05) is 20.2 Å². The molecule has 0 bridgehead atoms. The first-order chi connectivity index (χ1) is 17.0. The Morgan fingerprint density at radius 1 is 1.31 bits per heavy atom. The number of likely N-dealkylation sites (tertiary alicyclic amines) is 1. The molecule has 1 saturated heterocycles. The minimum atomic E-state index is -0.877.